The Morgan fingerprint density at radius 2 is 1.66 bits per heavy atom. The summed E-state index contributed by atoms with van der Waals surface area (Å²) in [5.41, 5.74) is 3.59. The minimum Gasteiger partial charge on any atom is -0.444 e. The van der Waals surface area contributed by atoms with Crippen molar-refractivity contribution < 1.29 is 14.3 Å². The molecule has 3 aromatic rings. The summed E-state index contributed by atoms with van der Waals surface area (Å²) in [7, 11) is 0. The number of aliphatic imine (C=N–C) groups is 1. The second-order valence-electron chi connectivity index (χ2n) is 9.14. The Hall–Kier alpha value is -4.44. The molecular weight excluding hydrogens is 440 g/mol. The highest BCUT2D eigenvalue weighted by Gasteiger charge is 2.35. The van der Waals surface area contributed by atoms with Crippen LogP contribution >= 0.6 is 0 Å². The molecule has 1 aliphatic rings. The highest BCUT2D eigenvalue weighted by molar-refractivity contribution is 6.21. The van der Waals surface area contributed by atoms with E-state index in [1.807, 2.05) is 54.6 Å². The van der Waals surface area contributed by atoms with Gasteiger partial charge in [0.25, 0.3) is 5.91 Å². The number of nitrogens with one attached hydrogen (secondary N) is 1. The van der Waals surface area contributed by atoms with Gasteiger partial charge >= 0.3 is 6.09 Å². The van der Waals surface area contributed by atoms with E-state index in [1.54, 1.807) is 45.9 Å². The lowest BCUT2D eigenvalue weighted by atomic mass is 9.99. The molecule has 35 heavy (non-hydrogen) atoms. The van der Waals surface area contributed by atoms with Gasteiger partial charge in [0, 0.05) is 11.1 Å². The number of para-hydroxylation sites is 1. The van der Waals surface area contributed by atoms with E-state index in [1.165, 1.54) is 4.90 Å². The molecule has 7 heteroatoms. The highest BCUT2D eigenvalue weighted by Crippen LogP contribution is 2.36. The van der Waals surface area contributed by atoms with Crippen LogP contribution in [0.5, 0.6) is 0 Å². The van der Waals surface area contributed by atoms with Crippen molar-refractivity contribution in [1.29, 1.82) is 5.26 Å². The molecule has 1 heterocycles. The largest absolute Gasteiger partial charge is 0.444 e. The average molecular weight is 467 g/mol. The summed E-state index contributed by atoms with van der Waals surface area (Å²) in [5, 5.41) is 12.2. The number of benzene rings is 3. The number of ether oxygens (including phenoxy) is 1. The standard InChI is InChI=1S/C28H26N4O3/c1-18-20(17-29)13-10-16-22(18)32-23-15-9-8-14-21(23)24(19-11-6-5-7-12-19)30-25(26(32)33)31-27(34)35-28(2,3)4/h5-16,25H,1-4H3,(H,31,34). The normalized spacial score (nSPS) is 15.4. The molecule has 4 rings (SSSR count). The van der Waals surface area contributed by atoms with Gasteiger partial charge in [0.15, 0.2) is 0 Å². The van der Waals surface area contributed by atoms with E-state index < -0.39 is 23.8 Å². The minimum atomic E-state index is -1.25. The van der Waals surface area contributed by atoms with Gasteiger partial charge < -0.3 is 4.74 Å². The predicted octanol–water partition coefficient (Wildman–Crippen LogP) is 5.23. The molecule has 3 aromatic carbocycles. The molecular formula is C28H26N4O3. The van der Waals surface area contributed by atoms with Gasteiger partial charge in [0.1, 0.15) is 5.60 Å². The number of alkyl carbamates (subject to hydrolysis) is 1. The van der Waals surface area contributed by atoms with Crippen LogP contribution in [0, 0.1) is 18.3 Å². The molecule has 0 radical (unpaired) electrons. The lowest BCUT2D eigenvalue weighted by Gasteiger charge is -2.28. The molecule has 0 aromatic heterocycles. The van der Waals surface area contributed by atoms with Crippen molar-refractivity contribution >= 4 is 29.1 Å². The summed E-state index contributed by atoms with van der Waals surface area (Å²) >= 11 is 0. The second kappa shape index (κ2) is 9.43. The molecule has 1 aliphatic heterocycles. The number of carbonyl (C=O) groups excluding carboxylic acids is 2. The third kappa shape index (κ3) is 4.92. The first-order valence-electron chi connectivity index (χ1n) is 11.3. The molecule has 1 atom stereocenters. The van der Waals surface area contributed by atoms with E-state index in [0.717, 1.165) is 11.1 Å². The van der Waals surface area contributed by atoms with Gasteiger partial charge in [-0.15, -0.1) is 0 Å². The van der Waals surface area contributed by atoms with Gasteiger partial charge in [0.05, 0.1) is 28.7 Å². The lowest BCUT2D eigenvalue weighted by molar-refractivity contribution is -0.119. The second-order valence-corrected chi connectivity index (χ2v) is 9.14. The van der Waals surface area contributed by atoms with Gasteiger partial charge in [-0.25, -0.2) is 9.79 Å². The number of fused-ring (bicyclic) bond motifs is 1. The Kier molecular flexibility index (Phi) is 6.39. The smallest absolute Gasteiger partial charge is 0.409 e. The Morgan fingerprint density at radius 3 is 2.34 bits per heavy atom. The van der Waals surface area contributed by atoms with Gasteiger partial charge in [0.2, 0.25) is 6.17 Å². The number of anilines is 2. The molecule has 1 N–H and O–H groups in total. The molecule has 0 fully saturated rings. The van der Waals surface area contributed by atoms with E-state index in [4.69, 9.17) is 9.73 Å². The molecule has 0 spiro atoms. The summed E-state index contributed by atoms with van der Waals surface area (Å²) in [6, 6.07) is 24.3. The van der Waals surface area contributed by atoms with Crippen LogP contribution in [0.25, 0.3) is 0 Å². The summed E-state index contributed by atoms with van der Waals surface area (Å²) in [6.07, 6.45) is -2.00. The number of amides is 2. The van der Waals surface area contributed by atoms with Crippen molar-refractivity contribution in [1.82, 2.24) is 5.32 Å². The molecule has 0 saturated heterocycles. The van der Waals surface area contributed by atoms with Crippen LogP contribution < -0.4 is 10.2 Å². The average Bonchev–Trinajstić information content (AvgIpc) is 2.93. The molecule has 176 valence electrons. The maximum atomic E-state index is 14.0. The molecule has 1 unspecified atom stereocenters. The van der Waals surface area contributed by atoms with Crippen molar-refractivity contribution in [2.24, 2.45) is 4.99 Å². The summed E-state index contributed by atoms with van der Waals surface area (Å²) in [6.45, 7) is 7.04. The number of carbonyl (C=O) groups is 2. The zero-order valence-electron chi connectivity index (χ0n) is 20.1. The Bertz CT molecular complexity index is 1350. The summed E-state index contributed by atoms with van der Waals surface area (Å²) in [5.74, 6) is -0.465. The fourth-order valence-electron chi connectivity index (χ4n) is 3.94. The van der Waals surface area contributed by atoms with Crippen LogP contribution in [0.15, 0.2) is 77.8 Å². The first-order valence-corrected chi connectivity index (χ1v) is 11.3. The van der Waals surface area contributed by atoms with Crippen LogP contribution in [-0.4, -0.2) is 29.5 Å². The minimum absolute atomic E-state index is 0.456. The topological polar surface area (TPSA) is 94.8 Å². The van der Waals surface area contributed by atoms with Gasteiger partial charge in [-0.3, -0.25) is 15.0 Å². The molecule has 2 amide bonds. The SMILES string of the molecule is Cc1c(C#N)cccc1N1C(=O)C(NC(=O)OC(C)(C)C)N=C(c2ccccc2)c2ccccc21. The number of nitriles is 1. The maximum absolute atomic E-state index is 14.0. The van der Waals surface area contributed by atoms with Gasteiger partial charge in [-0.05, 0) is 51.5 Å². The molecule has 0 bridgehead atoms. The summed E-state index contributed by atoms with van der Waals surface area (Å²) < 4.78 is 5.42. The predicted molar refractivity (Wildman–Crippen MR) is 135 cm³/mol. The lowest BCUT2D eigenvalue weighted by Crippen LogP contribution is -2.47. The van der Waals surface area contributed by atoms with Crippen molar-refractivity contribution in [3.8, 4) is 6.07 Å². The molecule has 0 saturated carbocycles. The number of hydrogen-bond donors (Lipinski definition) is 1. The fraction of sp³-hybridized carbons (Fsp3) is 0.214. The number of hydrogen-bond acceptors (Lipinski definition) is 5. The van der Waals surface area contributed by atoms with Crippen molar-refractivity contribution in [2.45, 2.75) is 39.5 Å². The van der Waals surface area contributed by atoms with Crippen LogP contribution in [0.2, 0.25) is 0 Å². The monoisotopic (exact) mass is 466 g/mol. The van der Waals surface area contributed by atoms with Crippen molar-refractivity contribution in [3.05, 3.63) is 95.1 Å². The van der Waals surface area contributed by atoms with Crippen LogP contribution in [0.3, 0.4) is 0 Å². The first kappa shape index (κ1) is 23.7. The van der Waals surface area contributed by atoms with E-state index in [2.05, 4.69) is 11.4 Å². The third-order valence-electron chi connectivity index (χ3n) is 5.48. The zero-order chi connectivity index (χ0) is 25.2. The highest BCUT2D eigenvalue weighted by atomic mass is 16.6. The van der Waals surface area contributed by atoms with E-state index in [0.29, 0.717) is 28.2 Å². The van der Waals surface area contributed by atoms with Crippen LogP contribution in [0.4, 0.5) is 16.2 Å². The third-order valence-corrected chi connectivity index (χ3v) is 5.48. The van der Waals surface area contributed by atoms with Crippen LogP contribution in [0.1, 0.15) is 43.0 Å². The molecule has 7 nitrogen and oxygen atoms in total. The van der Waals surface area contributed by atoms with E-state index in [-0.39, 0.29) is 0 Å². The number of rotatable bonds is 3. The maximum Gasteiger partial charge on any atom is 0.409 e. The van der Waals surface area contributed by atoms with E-state index in [9.17, 15) is 14.9 Å². The van der Waals surface area contributed by atoms with Crippen LogP contribution in [-0.2, 0) is 9.53 Å². The first-order chi connectivity index (χ1) is 16.7. The fourth-order valence-corrected chi connectivity index (χ4v) is 3.94. The Labute approximate surface area is 204 Å². The van der Waals surface area contributed by atoms with Crippen molar-refractivity contribution in [2.75, 3.05) is 4.90 Å². The number of benzodiazepines with no additional fused rings is 1. The van der Waals surface area contributed by atoms with Gasteiger partial charge in [-0.2, -0.15) is 5.26 Å². The number of nitrogens with zero attached hydrogens (tertiary/aromatic N) is 3. The Morgan fingerprint density at radius 1 is 1.00 bits per heavy atom. The van der Waals surface area contributed by atoms with Crippen molar-refractivity contribution in [3.63, 3.8) is 0 Å². The zero-order valence-corrected chi connectivity index (χ0v) is 20.1. The van der Waals surface area contributed by atoms with E-state index >= 15 is 0 Å². The van der Waals surface area contributed by atoms with Gasteiger partial charge in [-0.1, -0.05) is 54.6 Å². The summed E-state index contributed by atoms with van der Waals surface area (Å²) in [4.78, 5) is 33.0. The Balaban J connectivity index is 1.92. The quantitative estimate of drug-likeness (QED) is 0.572. The molecule has 0 aliphatic carbocycles.